The van der Waals surface area contributed by atoms with Crippen LogP contribution in [0, 0.1) is 0 Å². The van der Waals surface area contributed by atoms with E-state index in [1.54, 1.807) is 30.3 Å². The SMILES string of the molecule is O=C(CCSc1c([O-])on[n+]1-c1ccccc1)Nc1cc(C(F)(F)F)ccc1Cl. The van der Waals surface area contributed by atoms with Crippen LogP contribution in [0.2, 0.25) is 5.02 Å². The molecule has 0 bridgehead atoms. The molecule has 29 heavy (non-hydrogen) atoms. The van der Waals surface area contributed by atoms with E-state index < -0.39 is 23.6 Å². The van der Waals surface area contributed by atoms with Gasteiger partial charge in [0.05, 0.1) is 21.5 Å². The average Bonchev–Trinajstić information content (AvgIpc) is 3.04. The van der Waals surface area contributed by atoms with E-state index in [4.69, 9.17) is 11.6 Å². The van der Waals surface area contributed by atoms with Crippen molar-refractivity contribution in [3.05, 3.63) is 59.1 Å². The van der Waals surface area contributed by atoms with E-state index in [1.165, 1.54) is 4.68 Å². The van der Waals surface area contributed by atoms with Gasteiger partial charge in [-0.05, 0) is 22.9 Å². The maximum atomic E-state index is 12.8. The van der Waals surface area contributed by atoms with Crippen LogP contribution in [-0.4, -0.2) is 16.9 Å². The molecular formula is C18H13ClF3N3O3S. The summed E-state index contributed by atoms with van der Waals surface area (Å²) in [7, 11) is 0. The topological polar surface area (TPSA) is 82.1 Å². The molecule has 11 heteroatoms. The lowest BCUT2D eigenvalue weighted by molar-refractivity contribution is -0.705. The van der Waals surface area contributed by atoms with E-state index in [0.29, 0.717) is 5.69 Å². The van der Waals surface area contributed by atoms with Gasteiger partial charge in [0.1, 0.15) is 0 Å². The highest BCUT2D eigenvalue weighted by Crippen LogP contribution is 2.34. The van der Waals surface area contributed by atoms with E-state index in [-0.39, 0.29) is 27.9 Å². The predicted molar refractivity (Wildman–Crippen MR) is 97.9 cm³/mol. The maximum Gasteiger partial charge on any atom is 0.416 e. The molecule has 3 rings (SSSR count). The molecule has 1 heterocycles. The Balaban J connectivity index is 1.63. The number of hydrogen-bond donors (Lipinski definition) is 1. The van der Waals surface area contributed by atoms with Crippen molar-refractivity contribution in [3.63, 3.8) is 0 Å². The van der Waals surface area contributed by atoms with Crippen LogP contribution < -0.4 is 15.1 Å². The Bertz CT molecular complexity index is 1010. The van der Waals surface area contributed by atoms with Gasteiger partial charge in [0.15, 0.2) is 5.95 Å². The van der Waals surface area contributed by atoms with Crippen molar-refractivity contribution in [2.24, 2.45) is 0 Å². The molecule has 0 unspecified atom stereocenters. The third kappa shape index (κ3) is 5.21. The first-order valence-electron chi connectivity index (χ1n) is 8.19. The van der Waals surface area contributed by atoms with E-state index in [9.17, 15) is 23.1 Å². The summed E-state index contributed by atoms with van der Waals surface area (Å²) in [5.41, 5.74) is -0.442. The zero-order valence-corrected chi connectivity index (χ0v) is 16.1. The van der Waals surface area contributed by atoms with Crippen LogP contribution >= 0.6 is 23.4 Å². The number of aromatic nitrogens is 2. The number of hydrogen-bond acceptors (Lipinski definition) is 5. The lowest BCUT2D eigenvalue weighted by atomic mass is 10.2. The molecule has 1 amide bonds. The van der Waals surface area contributed by atoms with Crippen molar-refractivity contribution in [2.45, 2.75) is 17.6 Å². The van der Waals surface area contributed by atoms with Crippen LogP contribution in [-0.2, 0) is 11.0 Å². The Morgan fingerprint density at radius 1 is 1.24 bits per heavy atom. The second-order valence-electron chi connectivity index (χ2n) is 5.75. The number of rotatable bonds is 6. The molecule has 0 fully saturated rings. The van der Waals surface area contributed by atoms with Crippen LogP contribution in [0.5, 0.6) is 5.95 Å². The molecule has 0 spiro atoms. The zero-order valence-electron chi connectivity index (χ0n) is 14.6. The second-order valence-corrected chi connectivity index (χ2v) is 7.24. The van der Waals surface area contributed by atoms with Crippen LogP contribution in [0.15, 0.2) is 58.1 Å². The minimum Gasteiger partial charge on any atom is -0.538 e. The second kappa shape index (κ2) is 8.75. The molecule has 0 aliphatic carbocycles. The van der Waals surface area contributed by atoms with Crippen molar-refractivity contribution in [2.75, 3.05) is 11.1 Å². The van der Waals surface area contributed by atoms with E-state index in [1.807, 2.05) is 0 Å². The van der Waals surface area contributed by atoms with E-state index >= 15 is 0 Å². The van der Waals surface area contributed by atoms with Gasteiger partial charge in [-0.15, -0.1) is 0 Å². The van der Waals surface area contributed by atoms with Crippen molar-refractivity contribution in [3.8, 4) is 11.6 Å². The number of benzene rings is 2. The van der Waals surface area contributed by atoms with Crippen molar-refractivity contribution in [1.29, 1.82) is 0 Å². The Morgan fingerprint density at radius 2 is 1.97 bits per heavy atom. The lowest BCUT2D eigenvalue weighted by Gasteiger charge is -2.11. The number of nitrogens with zero attached hydrogens (tertiary/aromatic N) is 2. The van der Waals surface area contributed by atoms with Gasteiger partial charge in [-0.3, -0.25) is 4.79 Å². The summed E-state index contributed by atoms with van der Waals surface area (Å²) in [4.78, 5) is 12.1. The van der Waals surface area contributed by atoms with E-state index in [2.05, 4.69) is 15.1 Å². The maximum absolute atomic E-state index is 12.8. The van der Waals surface area contributed by atoms with Crippen molar-refractivity contribution >= 4 is 35.0 Å². The molecule has 0 aliphatic heterocycles. The highest BCUT2D eigenvalue weighted by molar-refractivity contribution is 7.99. The summed E-state index contributed by atoms with van der Waals surface area (Å²) in [5.74, 6) is -1.03. The molecule has 6 nitrogen and oxygen atoms in total. The quantitative estimate of drug-likeness (QED) is 0.462. The Kier molecular flexibility index (Phi) is 6.33. The molecule has 152 valence electrons. The molecule has 3 aromatic rings. The summed E-state index contributed by atoms with van der Waals surface area (Å²) in [6, 6.07) is 11.5. The average molecular weight is 444 g/mol. The van der Waals surface area contributed by atoms with Gasteiger partial charge in [-0.25, -0.2) is 0 Å². The molecule has 2 aromatic carbocycles. The minimum atomic E-state index is -4.55. The number of carbonyl (C=O) groups is 1. The predicted octanol–water partition coefficient (Wildman–Crippen LogP) is 3.82. The summed E-state index contributed by atoms with van der Waals surface area (Å²) < 4.78 is 44.4. The van der Waals surface area contributed by atoms with Gasteiger partial charge in [-0.1, -0.05) is 41.6 Å². The largest absolute Gasteiger partial charge is 0.538 e. The summed E-state index contributed by atoms with van der Waals surface area (Å²) in [5, 5.41) is 18.1. The Hall–Kier alpha value is -2.72. The van der Waals surface area contributed by atoms with Crippen molar-refractivity contribution in [1.82, 2.24) is 5.27 Å². The monoisotopic (exact) mass is 443 g/mol. The number of amides is 1. The van der Waals surface area contributed by atoms with Gasteiger partial charge in [0.25, 0.3) is 5.03 Å². The minimum absolute atomic E-state index is 0.0122. The number of nitrogens with one attached hydrogen (secondary N) is 1. The van der Waals surface area contributed by atoms with Gasteiger partial charge in [0, 0.05) is 24.3 Å². The van der Waals surface area contributed by atoms with Gasteiger partial charge in [0.2, 0.25) is 11.6 Å². The van der Waals surface area contributed by atoms with Gasteiger partial charge in [-0.2, -0.15) is 13.2 Å². The fraction of sp³-hybridized carbons (Fsp3) is 0.167. The molecule has 0 aliphatic rings. The first kappa shape index (κ1) is 21.0. The Labute approximate surface area is 172 Å². The highest BCUT2D eigenvalue weighted by Gasteiger charge is 2.31. The molecule has 0 saturated carbocycles. The molecular weight excluding hydrogens is 431 g/mol. The van der Waals surface area contributed by atoms with Gasteiger partial charge < -0.3 is 14.9 Å². The highest BCUT2D eigenvalue weighted by atomic mass is 35.5. The first-order valence-corrected chi connectivity index (χ1v) is 9.56. The summed E-state index contributed by atoms with van der Waals surface area (Å²) >= 11 is 6.91. The van der Waals surface area contributed by atoms with Crippen LogP contribution in [0.4, 0.5) is 18.9 Å². The number of thioether (sulfide) groups is 1. The summed E-state index contributed by atoms with van der Waals surface area (Å²) in [6.45, 7) is 0. The van der Waals surface area contributed by atoms with E-state index in [0.717, 1.165) is 30.0 Å². The Morgan fingerprint density at radius 3 is 2.66 bits per heavy atom. The molecule has 1 aromatic heterocycles. The smallest absolute Gasteiger partial charge is 0.416 e. The molecule has 1 N–H and O–H groups in total. The lowest BCUT2D eigenvalue weighted by Crippen LogP contribution is -2.34. The fourth-order valence-electron chi connectivity index (χ4n) is 2.34. The number of anilines is 1. The molecule has 0 radical (unpaired) electrons. The van der Waals surface area contributed by atoms with Crippen LogP contribution in [0.25, 0.3) is 5.69 Å². The van der Waals surface area contributed by atoms with Crippen molar-refractivity contribution < 1.29 is 32.3 Å². The summed E-state index contributed by atoms with van der Waals surface area (Å²) in [6.07, 6.45) is -4.62. The standard InChI is InChI=1S/C18H13ClF3N3O3S/c19-13-7-6-11(18(20,21)22)10-14(13)23-15(26)8-9-29-16-17(27)28-24-25(16)12-4-2-1-3-5-12/h1-7,10H,8-9H2,(H-,23,24,26,27). The zero-order chi connectivity index (χ0) is 21.0. The normalized spacial score (nSPS) is 11.4. The first-order chi connectivity index (χ1) is 13.8. The number of alkyl halides is 3. The fourth-order valence-corrected chi connectivity index (χ4v) is 3.41. The molecule has 0 saturated heterocycles. The molecule has 0 atom stereocenters. The van der Waals surface area contributed by atoms with Crippen LogP contribution in [0.3, 0.4) is 0 Å². The number of carbonyl (C=O) groups excluding carboxylic acids is 1. The van der Waals surface area contributed by atoms with Crippen LogP contribution in [0.1, 0.15) is 12.0 Å². The van der Waals surface area contributed by atoms with Gasteiger partial charge >= 0.3 is 6.18 Å². The third-order valence-corrected chi connectivity index (χ3v) is 5.06. The number of para-hydroxylation sites is 1. The number of halogens is 4. The third-order valence-electron chi connectivity index (χ3n) is 3.71.